The summed E-state index contributed by atoms with van der Waals surface area (Å²) in [6.07, 6.45) is 6.29. The molecule has 2 aromatic carbocycles. The Morgan fingerprint density at radius 2 is 1.88 bits per heavy atom. The molecule has 1 unspecified atom stereocenters. The van der Waals surface area contributed by atoms with Crippen LogP contribution in [0.4, 0.5) is 11.5 Å². The third-order valence-corrected chi connectivity index (χ3v) is 7.28. The Labute approximate surface area is 246 Å². The fourth-order valence-corrected chi connectivity index (χ4v) is 5.13. The molecule has 0 amide bonds. The van der Waals surface area contributed by atoms with Gasteiger partial charge in [-0.3, -0.25) is 4.90 Å². The quantitative estimate of drug-likeness (QED) is 0.197. The molecule has 222 valence electrons. The predicted octanol–water partition coefficient (Wildman–Crippen LogP) is 6.53. The van der Waals surface area contributed by atoms with Crippen LogP contribution in [0.5, 0.6) is 5.75 Å². The summed E-state index contributed by atoms with van der Waals surface area (Å²) in [7, 11) is 3.66. The summed E-state index contributed by atoms with van der Waals surface area (Å²) in [5.41, 5.74) is 6.35. The summed E-state index contributed by atoms with van der Waals surface area (Å²) in [4.78, 5) is 10.8. The summed E-state index contributed by atoms with van der Waals surface area (Å²) >= 11 is 0. The fraction of sp³-hybridized carbons (Fsp3) is 0.344. The van der Waals surface area contributed by atoms with Gasteiger partial charge in [0.25, 0.3) is 0 Å². The molecule has 6 rings (SSSR count). The van der Waals surface area contributed by atoms with Crippen molar-refractivity contribution < 1.29 is 14.9 Å². The van der Waals surface area contributed by atoms with E-state index in [0.29, 0.717) is 12.5 Å². The van der Waals surface area contributed by atoms with Gasteiger partial charge in [0.2, 0.25) is 0 Å². The number of methoxy groups -OCH3 is 1. The number of fused-ring (bicyclic) bond motifs is 2. The number of ether oxygens (including phenoxy) is 1. The molecule has 1 saturated heterocycles. The molecule has 1 aliphatic rings. The van der Waals surface area contributed by atoms with Gasteiger partial charge in [-0.25, -0.2) is 14.5 Å². The van der Waals surface area contributed by atoms with Crippen molar-refractivity contribution in [3.8, 4) is 5.75 Å². The minimum atomic E-state index is -0.0255. The van der Waals surface area contributed by atoms with E-state index in [0.717, 1.165) is 53.4 Å². The smallest absolute Gasteiger partial charge is 0.158 e. The van der Waals surface area contributed by atoms with Crippen LogP contribution in [0.3, 0.4) is 0 Å². The molecule has 0 saturated carbocycles. The van der Waals surface area contributed by atoms with Crippen molar-refractivity contribution in [2.75, 3.05) is 32.1 Å². The second-order valence-corrected chi connectivity index (χ2v) is 10.1. The van der Waals surface area contributed by atoms with Gasteiger partial charge in [0.1, 0.15) is 29.1 Å². The van der Waals surface area contributed by atoms with Crippen molar-refractivity contribution in [1.29, 1.82) is 0 Å². The molecule has 3 N–H and O–H groups in total. The van der Waals surface area contributed by atoms with Crippen LogP contribution in [-0.4, -0.2) is 66.0 Å². The molecular weight excluding hydrogens is 530 g/mol. The van der Waals surface area contributed by atoms with E-state index in [1.54, 1.807) is 13.4 Å². The Kier molecular flexibility index (Phi) is 10.0. The van der Waals surface area contributed by atoms with E-state index < -0.39 is 0 Å². The fourth-order valence-electron chi connectivity index (χ4n) is 5.13. The van der Waals surface area contributed by atoms with Crippen LogP contribution < -0.4 is 10.1 Å². The van der Waals surface area contributed by atoms with Gasteiger partial charge in [-0.05, 0) is 74.3 Å². The number of hydrogen-bond donors (Lipinski definition) is 3. The molecule has 10 nitrogen and oxygen atoms in total. The number of benzene rings is 2. The second kappa shape index (κ2) is 13.9. The SMILES string of the molecule is CC.COc1ccc(Nc2ncnn3ccc(C4CCN(C/C(O)=C(/C)O)C4)c23)cc1C.Cn1cnc2ccccc21. The zero-order chi connectivity index (χ0) is 30.2. The van der Waals surface area contributed by atoms with Gasteiger partial charge < -0.3 is 24.8 Å². The Balaban J connectivity index is 0.000000281. The zero-order valence-electron chi connectivity index (χ0n) is 25.2. The monoisotopic (exact) mass is 571 g/mol. The molecule has 1 atom stereocenters. The number of nitrogens with zero attached hydrogens (tertiary/aromatic N) is 6. The van der Waals surface area contributed by atoms with Gasteiger partial charge in [0, 0.05) is 31.4 Å². The van der Waals surface area contributed by atoms with Crippen LogP contribution in [0.2, 0.25) is 0 Å². The van der Waals surface area contributed by atoms with Gasteiger partial charge in [-0.2, -0.15) is 5.10 Å². The topological polar surface area (TPSA) is 113 Å². The summed E-state index contributed by atoms with van der Waals surface area (Å²) in [6.45, 7) is 9.52. The highest BCUT2D eigenvalue weighted by molar-refractivity contribution is 5.77. The first kappa shape index (κ1) is 30.4. The van der Waals surface area contributed by atoms with E-state index in [1.807, 2.05) is 85.8 Å². The van der Waals surface area contributed by atoms with Crippen molar-refractivity contribution in [3.05, 3.63) is 90.0 Å². The number of likely N-dealkylation sites (tertiary alicyclic amines) is 1. The number of allylic oxidation sites excluding steroid dienone is 1. The van der Waals surface area contributed by atoms with Gasteiger partial charge in [-0.15, -0.1) is 0 Å². The summed E-state index contributed by atoms with van der Waals surface area (Å²) in [6, 6.07) is 16.1. The first-order valence-electron chi connectivity index (χ1n) is 14.2. The van der Waals surface area contributed by atoms with Gasteiger partial charge >= 0.3 is 0 Å². The van der Waals surface area contributed by atoms with Crippen molar-refractivity contribution >= 4 is 28.1 Å². The molecule has 0 radical (unpaired) electrons. The number of nitrogens with one attached hydrogen (secondary N) is 1. The third-order valence-electron chi connectivity index (χ3n) is 7.28. The molecule has 1 aliphatic heterocycles. The largest absolute Gasteiger partial charge is 0.509 e. The van der Waals surface area contributed by atoms with E-state index in [9.17, 15) is 10.2 Å². The van der Waals surface area contributed by atoms with E-state index >= 15 is 0 Å². The molecule has 0 aliphatic carbocycles. The summed E-state index contributed by atoms with van der Waals surface area (Å²) in [5.74, 6) is 1.89. The van der Waals surface area contributed by atoms with E-state index in [4.69, 9.17) is 4.74 Å². The van der Waals surface area contributed by atoms with E-state index in [1.165, 1.54) is 18.0 Å². The van der Waals surface area contributed by atoms with Crippen LogP contribution in [0.15, 0.2) is 78.9 Å². The maximum Gasteiger partial charge on any atom is 0.158 e. The molecule has 42 heavy (non-hydrogen) atoms. The second-order valence-electron chi connectivity index (χ2n) is 10.1. The lowest BCUT2D eigenvalue weighted by atomic mass is 9.99. The Morgan fingerprint density at radius 1 is 1.10 bits per heavy atom. The van der Waals surface area contributed by atoms with Crippen molar-refractivity contribution in [1.82, 2.24) is 29.0 Å². The number of imidazole rings is 1. The number of aliphatic hydroxyl groups is 2. The average Bonchev–Trinajstić information content (AvgIpc) is 3.74. The maximum atomic E-state index is 9.89. The number of anilines is 2. The molecule has 1 fully saturated rings. The zero-order valence-corrected chi connectivity index (χ0v) is 25.2. The van der Waals surface area contributed by atoms with Crippen molar-refractivity contribution in [2.24, 2.45) is 7.05 Å². The normalized spacial score (nSPS) is 15.4. The standard InChI is InChI=1S/C22H27N5O3.C8H8N2.C2H6/c1-14-10-17(4-5-20(14)30-3)25-22-21-18(7-9-27(21)24-13-23-22)16-6-8-26(11-16)12-19(29)15(2)28;1-10-6-9-7-4-2-3-5-8(7)10;1-2/h4-5,7,9-10,13,16,28-29H,6,8,11-12H2,1-3H3,(H,23,24,25);2-6H,1H3;1-2H3/b19-15+;;. The molecular formula is C32H41N7O3. The molecule has 0 bridgehead atoms. The highest BCUT2D eigenvalue weighted by atomic mass is 16.5. The molecule has 5 aromatic rings. The van der Waals surface area contributed by atoms with Gasteiger partial charge in [0.15, 0.2) is 5.82 Å². The summed E-state index contributed by atoms with van der Waals surface area (Å²) < 4.78 is 9.20. The Hall–Kier alpha value is -4.57. The van der Waals surface area contributed by atoms with Gasteiger partial charge in [0.05, 0.1) is 31.0 Å². The third kappa shape index (κ3) is 6.83. The van der Waals surface area contributed by atoms with Crippen molar-refractivity contribution in [3.63, 3.8) is 0 Å². The van der Waals surface area contributed by atoms with E-state index in [-0.39, 0.29) is 11.5 Å². The number of para-hydroxylation sites is 2. The minimum Gasteiger partial charge on any atom is -0.509 e. The van der Waals surface area contributed by atoms with Gasteiger partial charge in [-0.1, -0.05) is 26.0 Å². The van der Waals surface area contributed by atoms with Crippen LogP contribution in [0.1, 0.15) is 44.2 Å². The maximum absolute atomic E-state index is 9.89. The highest BCUT2D eigenvalue weighted by Gasteiger charge is 2.28. The molecule has 4 heterocycles. The lowest BCUT2D eigenvalue weighted by Gasteiger charge is -2.16. The highest BCUT2D eigenvalue weighted by Crippen LogP contribution is 2.34. The Bertz CT molecular complexity index is 1650. The number of hydrogen-bond acceptors (Lipinski definition) is 8. The molecule has 3 aromatic heterocycles. The lowest BCUT2D eigenvalue weighted by Crippen LogP contribution is -2.23. The Morgan fingerprint density at radius 3 is 2.60 bits per heavy atom. The molecule has 0 spiro atoms. The molecule has 10 heteroatoms. The number of aryl methyl sites for hydroxylation is 2. The van der Waals surface area contributed by atoms with Crippen LogP contribution in [0.25, 0.3) is 16.6 Å². The van der Waals surface area contributed by atoms with Crippen LogP contribution in [-0.2, 0) is 7.05 Å². The lowest BCUT2D eigenvalue weighted by molar-refractivity contribution is 0.257. The average molecular weight is 572 g/mol. The summed E-state index contributed by atoms with van der Waals surface area (Å²) in [5, 5.41) is 27.1. The minimum absolute atomic E-state index is 0.0255. The predicted molar refractivity (Wildman–Crippen MR) is 168 cm³/mol. The number of aromatic nitrogens is 5. The van der Waals surface area contributed by atoms with E-state index in [2.05, 4.69) is 37.4 Å². The number of rotatable bonds is 6. The van der Waals surface area contributed by atoms with Crippen molar-refractivity contribution in [2.45, 2.75) is 40.0 Å². The van der Waals surface area contributed by atoms with Crippen LogP contribution in [0, 0.1) is 6.92 Å². The number of aliphatic hydroxyl groups excluding tert-OH is 2. The van der Waals surface area contributed by atoms with Crippen LogP contribution >= 0.6 is 0 Å². The first-order valence-corrected chi connectivity index (χ1v) is 14.2. The first-order chi connectivity index (χ1) is 20.3.